The Morgan fingerprint density at radius 2 is 1.44 bits per heavy atom. The molecule has 43 heavy (non-hydrogen) atoms. The first kappa shape index (κ1) is 31.0. The number of hydrogen-bond acceptors (Lipinski definition) is 6. The monoisotopic (exact) mass is 580 g/mol. The Morgan fingerprint density at radius 1 is 0.837 bits per heavy atom. The average Bonchev–Trinajstić information content (AvgIpc) is 3.29. The number of carbonyl (C=O) groups is 2. The summed E-state index contributed by atoms with van der Waals surface area (Å²) in [6.07, 6.45) is 6.10. The number of anilines is 2. The van der Waals surface area contributed by atoms with E-state index < -0.39 is 0 Å². The molecular formula is C35H40N4O4. The summed E-state index contributed by atoms with van der Waals surface area (Å²) in [5.74, 6) is 0.800. The number of allylic oxidation sites excluding steroid dienone is 3. The van der Waals surface area contributed by atoms with E-state index in [4.69, 9.17) is 15.2 Å². The molecule has 224 valence electrons. The molecule has 1 aliphatic carbocycles. The normalized spacial score (nSPS) is 12.4. The molecule has 3 aromatic rings. The SMILES string of the molecule is COc1ccc2c(c1)C(=CC(=O)NCCN/C(C)=C/CC(C=C(C)C)C(=O)Nc1ccccc1N)c1cc(OC)ccc1-2. The van der Waals surface area contributed by atoms with Crippen molar-refractivity contribution < 1.29 is 19.1 Å². The van der Waals surface area contributed by atoms with Gasteiger partial charge < -0.3 is 31.2 Å². The molecule has 1 atom stereocenters. The van der Waals surface area contributed by atoms with E-state index in [0.717, 1.165) is 50.6 Å². The van der Waals surface area contributed by atoms with Gasteiger partial charge in [0, 0.05) is 24.9 Å². The highest BCUT2D eigenvalue weighted by molar-refractivity contribution is 6.08. The van der Waals surface area contributed by atoms with Gasteiger partial charge in [0.1, 0.15) is 11.5 Å². The number of fused-ring (bicyclic) bond motifs is 3. The zero-order valence-electron chi connectivity index (χ0n) is 25.4. The number of nitrogens with two attached hydrogens (primary N) is 1. The summed E-state index contributed by atoms with van der Waals surface area (Å²) >= 11 is 0. The van der Waals surface area contributed by atoms with Crippen LogP contribution in [0.1, 0.15) is 38.3 Å². The molecule has 1 aliphatic rings. The summed E-state index contributed by atoms with van der Waals surface area (Å²) in [5.41, 5.74) is 13.9. The minimum atomic E-state index is -0.345. The molecule has 2 amide bonds. The van der Waals surface area contributed by atoms with Crippen LogP contribution < -0.4 is 31.2 Å². The quantitative estimate of drug-likeness (QED) is 0.0716. The minimum Gasteiger partial charge on any atom is -0.497 e. The second-order valence-electron chi connectivity index (χ2n) is 10.6. The van der Waals surface area contributed by atoms with Crippen molar-refractivity contribution in [3.8, 4) is 22.6 Å². The lowest BCUT2D eigenvalue weighted by Crippen LogP contribution is -2.30. The van der Waals surface area contributed by atoms with Crippen LogP contribution in [0.2, 0.25) is 0 Å². The van der Waals surface area contributed by atoms with Crippen molar-refractivity contribution in [2.75, 3.05) is 38.4 Å². The van der Waals surface area contributed by atoms with Crippen LogP contribution in [0.15, 0.2) is 90.2 Å². The van der Waals surface area contributed by atoms with Crippen LogP contribution in [0.3, 0.4) is 0 Å². The molecule has 3 aromatic carbocycles. The molecule has 0 spiro atoms. The van der Waals surface area contributed by atoms with E-state index in [9.17, 15) is 9.59 Å². The third kappa shape index (κ3) is 7.86. The predicted molar refractivity (Wildman–Crippen MR) is 174 cm³/mol. The molecule has 0 fully saturated rings. The average molecular weight is 581 g/mol. The van der Waals surface area contributed by atoms with Crippen molar-refractivity contribution in [3.63, 3.8) is 0 Å². The van der Waals surface area contributed by atoms with Crippen molar-refractivity contribution in [3.05, 3.63) is 101 Å². The first-order chi connectivity index (χ1) is 20.7. The van der Waals surface area contributed by atoms with E-state index in [2.05, 4.69) is 16.0 Å². The fourth-order valence-electron chi connectivity index (χ4n) is 5.01. The van der Waals surface area contributed by atoms with Crippen molar-refractivity contribution >= 4 is 28.8 Å². The minimum absolute atomic E-state index is 0.117. The van der Waals surface area contributed by atoms with E-state index in [-0.39, 0.29) is 17.7 Å². The van der Waals surface area contributed by atoms with Gasteiger partial charge in [-0.1, -0.05) is 42.0 Å². The molecule has 0 saturated heterocycles. The van der Waals surface area contributed by atoms with Gasteiger partial charge in [-0.3, -0.25) is 9.59 Å². The van der Waals surface area contributed by atoms with Gasteiger partial charge in [0.15, 0.2) is 0 Å². The number of methoxy groups -OCH3 is 2. The van der Waals surface area contributed by atoms with Gasteiger partial charge in [-0.2, -0.15) is 0 Å². The first-order valence-corrected chi connectivity index (χ1v) is 14.3. The molecule has 8 nitrogen and oxygen atoms in total. The maximum atomic E-state index is 13.0. The van der Waals surface area contributed by atoms with Crippen molar-refractivity contribution in [2.45, 2.75) is 27.2 Å². The molecule has 5 N–H and O–H groups in total. The lowest BCUT2D eigenvalue weighted by molar-refractivity contribution is -0.118. The van der Waals surface area contributed by atoms with Crippen LogP contribution in [-0.4, -0.2) is 39.1 Å². The van der Waals surface area contributed by atoms with Gasteiger partial charge in [-0.05, 0) is 91.4 Å². The van der Waals surface area contributed by atoms with E-state index in [0.29, 0.717) is 30.9 Å². The van der Waals surface area contributed by atoms with E-state index >= 15 is 0 Å². The van der Waals surface area contributed by atoms with Gasteiger partial charge in [0.05, 0.1) is 31.5 Å². The predicted octanol–water partition coefficient (Wildman–Crippen LogP) is 5.92. The summed E-state index contributed by atoms with van der Waals surface area (Å²) < 4.78 is 10.9. The summed E-state index contributed by atoms with van der Waals surface area (Å²) in [6.45, 7) is 6.85. The highest BCUT2D eigenvalue weighted by Crippen LogP contribution is 2.46. The first-order valence-electron chi connectivity index (χ1n) is 14.3. The van der Waals surface area contributed by atoms with Gasteiger partial charge >= 0.3 is 0 Å². The third-order valence-corrected chi connectivity index (χ3v) is 7.20. The van der Waals surface area contributed by atoms with E-state index in [1.165, 1.54) is 0 Å². The van der Waals surface area contributed by atoms with Crippen LogP contribution in [-0.2, 0) is 9.59 Å². The number of benzene rings is 3. The molecule has 4 rings (SSSR count). The Bertz CT molecular complexity index is 1530. The highest BCUT2D eigenvalue weighted by Gasteiger charge is 2.25. The third-order valence-electron chi connectivity index (χ3n) is 7.20. The lowest BCUT2D eigenvalue weighted by atomic mass is 10.0. The number of amides is 2. The molecule has 8 heteroatoms. The number of para-hydroxylation sites is 2. The molecule has 0 radical (unpaired) electrons. The van der Waals surface area contributed by atoms with Gasteiger partial charge in [-0.25, -0.2) is 0 Å². The molecule has 1 unspecified atom stereocenters. The number of hydrogen-bond donors (Lipinski definition) is 4. The molecule has 0 saturated carbocycles. The number of ether oxygens (including phenoxy) is 2. The number of nitrogen functional groups attached to an aromatic ring is 1. The molecule has 0 aromatic heterocycles. The van der Waals surface area contributed by atoms with Gasteiger partial charge in [0.2, 0.25) is 11.8 Å². The fraction of sp³-hybridized carbons (Fsp3) is 0.257. The topological polar surface area (TPSA) is 115 Å². The summed E-state index contributed by atoms with van der Waals surface area (Å²) in [6, 6.07) is 19.0. The Balaban J connectivity index is 1.35. The van der Waals surface area contributed by atoms with Crippen molar-refractivity contribution in [1.82, 2.24) is 10.6 Å². The second-order valence-corrected chi connectivity index (χ2v) is 10.6. The van der Waals surface area contributed by atoms with Crippen LogP contribution in [0.5, 0.6) is 11.5 Å². The maximum absolute atomic E-state index is 13.0. The Hall–Kier alpha value is -4.98. The van der Waals surface area contributed by atoms with Gasteiger partial charge in [-0.15, -0.1) is 0 Å². The number of nitrogens with one attached hydrogen (secondary N) is 3. The Kier molecular flexibility index (Phi) is 10.3. The van der Waals surface area contributed by atoms with Crippen molar-refractivity contribution in [1.29, 1.82) is 0 Å². The summed E-state index contributed by atoms with van der Waals surface area (Å²) in [5, 5.41) is 9.23. The summed E-state index contributed by atoms with van der Waals surface area (Å²) in [7, 11) is 3.26. The van der Waals surface area contributed by atoms with Gasteiger partial charge in [0.25, 0.3) is 0 Å². The van der Waals surface area contributed by atoms with Crippen LogP contribution in [0, 0.1) is 5.92 Å². The standard InChI is InChI=1S/C35H40N4O4/c1-22(2)18-24(35(41)39-33-9-7-6-8-32(33)36)11-10-23(3)37-16-17-38-34(40)21-31-29-19-25(42-4)12-14-27(29)28-15-13-26(43-5)20-30(28)31/h6-10,12-15,18-21,24,37H,11,16-17,36H2,1-5H3,(H,38,40)(H,39,41)/b23-10+. The van der Waals surface area contributed by atoms with Crippen LogP contribution >= 0.6 is 0 Å². The zero-order chi connectivity index (χ0) is 30.9. The summed E-state index contributed by atoms with van der Waals surface area (Å²) in [4.78, 5) is 26.0. The molecule has 0 heterocycles. The zero-order valence-corrected chi connectivity index (χ0v) is 25.4. The highest BCUT2D eigenvalue weighted by atomic mass is 16.5. The second kappa shape index (κ2) is 14.3. The van der Waals surface area contributed by atoms with Crippen LogP contribution in [0.25, 0.3) is 16.7 Å². The number of rotatable bonds is 12. The smallest absolute Gasteiger partial charge is 0.244 e. The van der Waals surface area contributed by atoms with E-state index in [1.807, 2.05) is 81.5 Å². The van der Waals surface area contributed by atoms with E-state index in [1.54, 1.807) is 32.4 Å². The van der Waals surface area contributed by atoms with Crippen LogP contribution in [0.4, 0.5) is 11.4 Å². The molecule has 0 aliphatic heterocycles. The number of carbonyl (C=O) groups excluding carboxylic acids is 2. The molecular weight excluding hydrogens is 540 g/mol. The maximum Gasteiger partial charge on any atom is 0.244 e. The molecule has 0 bridgehead atoms. The largest absolute Gasteiger partial charge is 0.497 e. The fourth-order valence-corrected chi connectivity index (χ4v) is 5.01. The Morgan fingerprint density at radius 3 is 2.02 bits per heavy atom. The Labute approximate surface area is 253 Å². The van der Waals surface area contributed by atoms with Crippen molar-refractivity contribution in [2.24, 2.45) is 5.92 Å². The lowest BCUT2D eigenvalue weighted by Gasteiger charge is -2.15.